The third kappa shape index (κ3) is 4.18. The van der Waals surface area contributed by atoms with Crippen molar-refractivity contribution < 1.29 is 14.3 Å². The molecule has 1 fully saturated rings. The highest BCUT2D eigenvalue weighted by Crippen LogP contribution is 2.26. The van der Waals surface area contributed by atoms with Crippen LogP contribution in [0.5, 0.6) is 0 Å². The lowest BCUT2D eigenvalue weighted by atomic mass is 9.96. The first-order chi connectivity index (χ1) is 12.2. The molecule has 134 valence electrons. The van der Waals surface area contributed by atoms with Crippen molar-refractivity contribution in [1.29, 1.82) is 0 Å². The number of fused-ring (bicyclic) bond motifs is 1. The Morgan fingerprint density at radius 3 is 2.88 bits per heavy atom. The molecule has 2 aromatic carbocycles. The quantitative estimate of drug-likeness (QED) is 0.874. The molecular formula is C20H26N2O3. The first-order valence-electron chi connectivity index (χ1n) is 8.68. The van der Waals surface area contributed by atoms with Crippen LogP contribution in [-0.2, 0) is 20.8 Å². The molecule has 25 heavy (non-hydrogen) atoms. The fourth-order valence-electron chi connectivity index (χ4n) is 3.62. The van der Waals surface area contributed by atoms with Crippen LogP contribution in [-0.4, -0.2) is 56.9 Å². The van der Waals surface area contributed by atoms with Crippen LogP contribution in [0.2, 0.25) is 0 Å². The van der Waals surface area contributed by atoms with Gasteiger partial charge in [-0.25, -0.2) is 0 Å². The third-order valence-electron chi connectivity index (χ3n) is 4.77. The summed E-state index contributed by atoms with van der Waals surface area (Å²) in [5.74, 6) is -0.0240. The van der Waals surface area contributed by atoms with E-state index in [1.807, 2.05) is 0 Å². The zero-order valence-corrected chi connectivity index (χ0v) is 15.0. The monoisotopic (exact) mass is 342 g/mol. The Hall–Kier alpha value is -1.95. The summed E-state index contributed by atoms with van der Waals surface area (Å²) < 4.78 is 11.4. The van der Waals surface area contributed by atoms with Crippen molar-refractivity contribution >= 4 is 16.7 Å². The van der Waals surface area contributed by atoms with Gasteiger partial charge in [-0.15, -0.1) is 0 Å². The molecule has 0 unspecified atom stereocenters. The SMILES string of the molecule is CNC(=O)C[C@@]1(COC)CN(Cc2cccc3ccccc23)CCO1. The van der Waals surface area contributed by atoms with E-state index in [-0.39, 0.29) is 5.91 Å². The number of hydrogen-bond donors (Lipinski definition) is 1. The maximum atomic E-state index is 11.9. The standard InChI is InChI=1S/C20H26N2O3/c1-21-19(23)12-20(15-24-2)14-22(10-11-25-20)13-17-8-5-7-16-6-3-4-9-18(16)17/h3-9H,10-15H2,1-2H3,(H,21,23)/t20-/m0/s1. The Labute approximate surface area is 148 Å². The van der Waals surface area contributed by atoms with Crippen molar-refractivity contribution in [2.24, 2.45) is 0 Å². The summed E-state index contributed by atoms with van der Waals surface area (Å²) in [5.41, 5.74) is 0.712. The largest absolute Gasteiger partial charge is 0.382 e. The number of nitrogens with one attached hydrogen (secondary N) is 1. The molecule has 3 rings (SSSR count). The van der Waals surface area contributed by atoms with Crippen LogP contribution < -0.4 is 5.32 Å². The van der Waals surface area contributed by atoms with E-state index in [2.05, 4.69) is 52.7 Å². The molecule has 5 heteroatoms. The predicted octanol–water partition coefficient (Wildman–Crippen LogP) is 2.19. The highest BCUT2D eigenvalue weighted by atomic mass is 16.5. The van der Waals surface area contributed by atoms with Crippen LogP contribution in [0, 0.1) is 0 Å². The number of methoxy groups -OCH3 is 1. The van der Waals surface area contributed by atoms with Gasteiger partial charge in [0.1, 0.15) is 5.60 Å². The lowest BCUT2D eigenvalue weighted by molar-refractivity contribution is -0.155. The Morgan fingerprint density at radius 2 is 2.08 bits per heavy atom. The van der Waals surface area contributed by atoms with Gasteiger partial charge in [0.25, 0.3) is 0 Å². The van der Waals surface area contributed by atoms with Gasteiger partial charge < -0.3 is 14.8 Å². The molecule has 1 aliphatic heterocycles. The molecule has 0 aliphatic carbocycles. The molecule has 1 N–H and O–H groups in total. The minimum Gasteiger partial charge on any atom is -0.382 e. The zero-order valence-electron chi connectivity index (χ0n) is 15.0. The van der Waals surface area contributed by atoms with Gasteiger partial charge >= 0.3 is 0 Å². The van der Waals surface area contributed by atoms with Crippen LogP contribution in [0.25, 0.3) is 10.8 Å². The minimum atomic E-state index is -0.586. The number of ether oxygens (including phenoxy) is 2. The van der Waals surface area contributed by atoms with Crippen molar-refractivity contribution in [3.63, 3.8) is 0 Å². The average Bonchev–Trinajstić information content (AvgIpc) is 2.62. The van der Waals surface area contributed by atoms with Crippen LogP contribution in [0.4, 0.5) is 0 Å². The second-order valence-corrected chi connectivity index (χ2v) is 6.66. The Balaban J connectivity index is 1.79. The molecule has 1 saturated heterocycles. The van der Waals surface area contributed by atoms with Gasteiger partial charge in [0, 0.05) is 33.8 Å². The molecule has 0 spiro atoms. The summed E-state index contributed by atoms with van der Waals surface area (Å²) in [6.45, 7) is 3.38. The Kier molecular flexibility index (Phi) is 5.68. The topological polar surface area (TPSA) is 50.8 Å². The number of carbonyl (C=O) groups is 1. The van der Waals surface area contributed by atoms with Gasteiger partial charge in [-0.05, 0) is 16.3 Å². The molecule has 2 aromatic rings. The molecule has 0 saturated carbocycles. The van der Waals surface area contributed by atoms with Gasteiger partial charge in [0.2, 0.25) is 5.91 Å². The Morgan fingerprint density at radius 1 is 1.28 bits per heavy atom. The van der Waals surface area contributed by atoms with Gasteiger partial charge in [0.15, 0.2) is 0 Å². The van der Waals surface area contributed by atoms with E-state index in [4.69, 9.17) is 9.47 Å². The summed E-state index contributed by atoms with van der Waals surface area (Å²) in [7, 11) is 3.30. The maximum Gasteiger partial charge on any atom is 0.222 e. The number of hydrogen-bond acceptors (Lipinski definition) is 4. The minimum absolute atomic E-state index is 0.0240. The zero-order chi connectivity index (χ0) is 17.7. The fraction of sp³-hybridized carbons (Fsp3) is 0.450. The summed E-state index contributed by atoms with van der Waals surface area (Å²) >= 11 is 0. The molecule has 0 bridgehead atoms. The Bertz CT molecular complexity index is 724. The van der Waals surface area contributed by atoms with Crippen molar-refractivity contribution in [3.05, 3.63) is 48.0 Å². The van der Waals surface area contributed by atoms with E-state index >= 15 is 0 Å². The number of morpholine rings is 1. The fourth-order valence-corrected chi connectivity index (χ4v) is 3.62. The van der Waals surface area contributed by atoms with Gasteiger partial charge in [0.05, 0.1) is 19.6 Å². The van der Waals surface area contributed by atoms with E-state index < -0.39 is 5.60 Å². The lowest BCUT2D eigenvalue weighted by Crippen LogP contribution is -2.55. The van der Waals surface area contributed by atoms with Crippen molar-refractivity contribution in [1.82, 2.24) is 10.2 Å². The molecule has 1 amide bonds. The predicted molar refractivity (Wildman–Crippen MR) is 98.5 cm³/mol. The molecule has 1 heterocycles. The van der Waals surface area contributed by atoms with E-state index in [9.17, 15) is 4.79 Å². The van der Waals surface area contributed by atoms with Gasteiger partial charge in [-0.3, -0.25) is 9.69 Å². The summed E-state index contributed by atoms with van der Waals surface area (Å²) in [6.07, 6.45) is 0.309. The normalized spacial score (nSPS) is 21.4. The summed E-state index contributed by atoms with van der Waals surface area (Å²) in [4.78, 5) is 14.3. The molecule has 0 aromatic heterocycles. The lowest BCUT2D eigenvalue weighted by Gasteiger charge is -2.42. The van der Waals surface area contributed by atoms with Crippen LogP contribution >= 0.6 is 0 Å². The molecule has 5 nitrogen and oxygen atoms in total. The van der Waals surface area contributed by atoms with Gasteiger partial charge in [-0.1, -0.05) is 42.5 Å². The number of carbonyl (C=O) groups excluding carboxylic acids is 1. The van der Waals surface area contributed by atoms with E-state index in [0.717, 1.165) is 13.1 Å². The number of benzene rings is 2. The van der Waals surface area contributed by atoms with Crippen LogP contribution in [0.3, 0.4) is 0 Å². The number of amides is 1. The van der Waals surface area contributed by atoms with Crippen molar-refractivity contribution in [2.45, 2.75) is 18.6 Å². The van der Waals surface area contributed by atoms with Crippen molar-refractivity contribution in [3.8, 4) is 0 Å². The second kappa shape index (κ2) is 7.95. The van der Waals surface area contributed by atoms with Gasteiger partial charge in [-0.2, -0.15) is 0 Å². The van der Waals surface area contributed by atoms with Crippen LogP contribution in [0.15, 0.2) is 42.5 Å². The summed E-state index contributed by atoms with van der Waals surface area (Å²) in [5, 5.41) is 5.22. The first-order valence-corrected chi connectivity index (χ1v) is 8.68. The van der Waals surface area contributed by atoms with Crippen molar-refractivity contribution in [2.75, 3.05) is 40.5 Å². The summed E-state index contributed by atoms with van der Waals surface area (Å²) in [6, 6.07) is 14.9. The number of nitrogens with zero attached hydrogens (tertiary/aromatic N) is 1. The molecular weight excluding hydrogens is 316 g/mol. The highest BCUT2D eigenvalue weighted by molar-refractivity contribution is 5.85. The molecule has 1 atom stereocenters. The number of rotatable bonds is 6. The average molecular weight is 342 g/mol. The third-order valence-corrected chi connectivity index (χ3v) is 4.77. The van der Waals surface area contributed by atoms with E-state index in [1.54, 1.807) is 14.2 Å². The maximum absolute atomic E-state index is 11.9. The van der Waals surface area contributed by atoms with E-state index in [0.29, 0.717) is 26.2 Å². The van der Waals surface area contributed by atoms with Crippen LogP contribution in [0.1, 0.15) is 12.0 Å². The van der Waals surface area contributed by atoms with E-state index in [1.165, 1.54) is 16.3 Å². The second-order valence-electron chi connectivity index (χ2n) is 6.66. The molecule has 0 radical (unpaired) electrons. The smallest absolute Gasteiger partial charge is 0.222 e. The highest BCUT2D eigenvalue weighted by Gasteiger charge is 2.38. The molecule has 1 aliphatic rings. The first kappa shape index (κ1) is 17.9.